The summed E-state index contributed by atoms with van der Waals surface area (Å²) >= 11 is 4.28. The van der Waals surface area contributed by atoms with Crippen LogP contribution in [0.3, 0.4) is 0 Å². The van der Waals surface area contributed by atoms with Gasteiger partial charge in [-0.2, -0.15) is 12.6 Å². The van der Waals surface area contributed by atoms with Gasteiger partial charge in [0.2, 0.25) is 0 Å². The van der Waals surface area contributed by atoms with Crippen molar-refractivity contribution in [1.82, 2.24) is 0 Å². The Morgan fingerprint density at radius 1 is 0.933 bits per heavy atom. The third-order valence-electron chi connectivity index (χ3n) is 2.62. The molecule has 0 amide bonds. The summed E-state index contributed by atoms with van der Waals surface area (Å²) in [6.07, 6.45) is 0. The molecule has 0 aliphatic carbocycles. The lowest BCUT2D eigenvalue weighted by Crippen LogP contribution is -1.75. The van der Waals surface area contributed by atoms with Gasteiger partial charge in [-0.05, 0) is 23.8 Å². The Balaban J connectivity index is 2.46. The van der Waals surface area contributed by atoms with Crippen molar-refractivity contribution in [3.8, 4) is 0 Å². The number of benzene rings is 2. The van der Waals surface area contributed by atoms with Crippen molar-refractivity contribution in [2.45, 2.75) is 5.75 Å². The maximum Gasteiger partial charge on any atom is 0.135 e. The average Bonchev–Trinajstić information content (AvgIpc) is 2.66. The molecule has 2 heteroatoms. The smallest absolute Gasteiger partial charge is 0.135 e. The first kappa shape index (κ1) is 8.86. The lowest BCUT2D eigenvalue weighted by atomic mass is 10.1. The Morgan fingerprint density at radius 2 is 1.73 bits per heavy atom. The molecular weight excluding hydrogens is 204 g/mol. The molecule has 0 aliphatic heterocycles. The highest BCUT2D eigenvalue weighted by Crippen LogP contribution is 2.29. The molecule has 1 heterocycles. The van der Waals surface area contributed by atoms with Gasteiger partial charge in [-0.3, -0.25) is 0 Å². The second kappa shape index (κ2) is 3.31. The van der Waals surface area contributed by atoms with E-state index in [-0.39, 0.29) is 0 Å². The fourth-order valence-electron chi connectivity index (χ4n) is 1.87. The highest BCUT2D eigenvalue weighted by Gasteiger charge is 2.05. The van der Waals surface area contributed by atoms with Crippen LogP contribution in [-0.2, 0) is 5.75 Å². The highest BCUT2D eigenvalue weighted by atomic mass is 32.1. The molecule has 0 N–H and O–H groups in total. The van der Waals surface area contributed by atoms with Crippen molar-refractivity contribution < 1.29 is 4.42 Å². The minimum Gasteiger partial charge on any atom is -0.456 e. The Labute approximate surface area is 93.1 Å². The third-order valence-corrected chi connectivity index (χ3v) is 2.99. The minimum absolute atomic E-state index is 0.759. The van der Waals surface area contributed by atoms with Crippen LogP contribution in [0.5, 0.6) is 0 Å². The van der Waals surface area contributed by atoms with Gasteiger partial charge < -0.3 is 4.42 Å². The van der Waals surface area contributed by atoms with Crippen LogP contribution in [0.2, 0.25) is 0 Å². The molecular formula is C13H10OS. The molecule has 0 aliphatic rings. The molecule has 0 bridgehead atoms. The predicted molar refractivity (Wildman–Crippen MR) is 66.4 cm³/mol. The van der Waals surface area contributed by atoms with Crippen LogP contribution in [0.1, 0.15) is 5.56 Å². The van der Waals surface area contributed by atoms with Gasteiger partial charge in [-0.15, -0.1) is 0 Å². The number of hydrogen-bond acceptors (Lipinski definition) is 2. The monoisotopic (exact) mass is 214 g/mol. The van der Waals surface area contributed by atoms with Gasteiger partial charge in [-0.25, -0.2) is 0 Å². The Hall–Kier alpha value is -1.41. The number of thiol groups is 1. The van der Waals surface area contributed by atoms with Gasteiger partial charge in [0.1, 0.15) is 11.2 Å². The first-order valence-electron chi connectivity index (χ1n) is 4.89. The van der Waals surface area contributed by atoms with E-state index in [9.17, 15) is 0 Å². The standard InChI is InChI=1S/C13H10OS/c15-8-9-5-6-13-11(7-9)10-3-1-2-4-12(10)14-13/h1-7,15H,8H2. The van der Waals surface area contributed by atoms with Gasteiger partial charge in [-0.1, -0.05) is 24.3 Å². The van der Waals surface area contributed by atoms with Crippen molar-refractivity contribution >= 4 is 34.6 Å². The third kappa shape index (κ3) is 1.33. The number of hydrogen-bond donors (Lipinski definition) is 1. The molecule has 3 rings (SSSR count). The van der Waals surface area contributed by atoms with Crippen LogP contribution in [0.25, 0.3) is 21.9 Å². The van der Waals surface area contributed by atoms with Gasteiger partial charge in [0.05, 0.1) is 0 Å². The van der Waals surface area contributed by atoms with Gasteiger partial charge in [0.25, 0.3) is 0 Å². The number of furan rings is 1. The van der Waals surface area contributed by atoms with E-state index in [4.69, 9.17) is 4.42 Å². The first-order valence-corrected chi connectivity index (χ1v) is 5.53. The van der Waals surface area contributed by atoms with Crippen LogP contribution in [0, 0.1) is 0 Å². The molecule has 0 saturated heterocycles. The summed E-state index contributed by atoms with van der Waals surface area (Å²) in [5.74, 6) is 0.759. The van der Waals surface area contributed by atoms with Crippen LogP contribution >= 0.6 is 12.6 Å². The van der Waals surface area contributed by atoms with Crippen molar-refractivity contribution in [2.24, 2.45) is 0 Å². The SMILES string of the molecule is SCc1ccc2oc3ccccc3c2c1. The lowest BCUT2D eigenvalue weighted by Gasteiger charge is -1.94. The molecule has 74 valence electrons. The van der Waals surface area contributed by atoms with Gasteiger partial charge in [0, 0.05) is 16.5 Å². The second-order valence-electron chi connectivity index (χ2n) is 3.59. The molecule has 0 unspecified atom stereocenters. The van der Waals surface area contributed by atoms with E-state index in [0.29, 0.717) is 0 Å². The Morgan fingerprint density at radius 3 is 2.60 bits per heavy atom. The zero-order chi connectivity index (χ0) is 10.3. The lowest BCUT2D eigenvalue weighted by molar-refractivity contribution is 0.669. The molecule has 0 atom stereocenters. The van der Waals surface area contributed by atoms with Crippen LogP contribution in [0.4, 0.5) is 0 Å². The summed E-state index contributed by atoms with van der Waals surface area (Å²) in [6, 6.07) is 14.3. The largest absolute Gasteiger partial charge is 0.456 e. The second-order valence-corrected chi connectivity index (χ2v) is 3.90. The number of rotatable bonds is 1. The quantitative estimate of drug-likeness (QED) is 0.604. The van der Waals surface area contributed by atoms with E-state index >= 15 is 0 Å². The average molecular weight is 214 g/mol. The van der Waals surface area contributed by atoms with Crippen LogP contribution in [0.15, 0.2) is 46.9 Å². The number of para-hydroxylation sites is 1. The summed E-state index contributed by atoms with van der Waals surface area (Å²) < 4.78 is 5.73. The Bertz CT molecular complexity index is 625. The first-order chi connectivity index (χ1) is 7.38. The molecule has 2 aromatic carbocycles. The van der Waals surface area contributed by atoms with E-state index in [1.807, 2.05) is 24.3 Å². The van der Waals surface area contributed by atoms with Gasteiger partial charge in [0.15, 0.2) is 0 Å². The summed E-state index contributed by atoms with van der Waals surface area (Å²) in [4.78, 5) is 0. The van der Waals surface area contributed by atoms with Crippen molar-refractivity contribution in [1.29, 1.82) is 0 Å². The maximum absolute atomic E-state index is 5.73. The van der Waals surface area contributed by atoms with Crippen LogP contribution < -0.4 is 0 Å². The molecule has 3 aromatic rings. The van der Waals surface area contributed by atoms with Crippen molar-refractivity contribution in [2.75, 3.05) is 0 Å². The molecule has 0 fully saturated rings. The van der Waals surface area contributed by atoms with E-state index in [0.717, 1.165) is 16.9 Å². The zero-order valence-corrected chi connectivity index (χ0v) is 9.00. The van der Waals surface area contributed by atoms with E-state index in [2.05, 4.69) is 30.8 Å². The molecule has 0 spiro atoms. The minimum atomic E-state index is 0.759. The summed E-state index contributed by atoms with van der Waals surface area (Å²) in [6.45, 7) is 0. The fraction of sp³-hybridized carbons (Fsp3) is 0.0769. The van der Waals surface area contributed by atoms with E-state index < -0.39 is 0 Å². The predicted octanol–water partition coefficient (Wildman–Crippen LogP) is 4.02. The molecule has 0 radical (unpaired) electrons. The van der Waals surface area contributed by atoms with Gasteiger partial charge >= 0.3 is 0 Å². The topological polar surface area (TPSA) is 13.1 Å². The summed E-state index contributed by atoms with van der Waals surface area (Å²) in [7, 11) is 0. The zero-order valence-electron chi connectivity index (χ0n) is 8.10. The summed E-state index contributed by atoms with van der Waals surface area (Å²) in [5, 5.41) is 2.35. The highest BCUT2D eigenvalue weighted by molar-refractivity contribution is 7.79. The molecule has 1 aromatic heterocycles. The van der Waals surface area contributed by atoms with Crippen molar-refractivity contribution in [3.63, 3.8) is 0 Å². The van der Waals surface area contributed by atoms with Crippen LogP contribution in [-0.4, -0.2) is 0 Å². The molecule has 0 saturated carbocycles. The maximum atomic E-state index is 5.73. The van der Waals surface area contributed by atoms with E-state index in [1.54, 1.807) is 0 Å². The number of fused-ring (bicyclic) bond motifs is 3. The Kier molecular flexibility index (Phi) is 1.96. The van der Waals surface area contributed by atoms with Crippen molar-refractivity contribution in [3.05, 3.63) is 48.0 Å². The van der Waals surface area contributed by atoms with E-state index in [1.165, 1.54) is 16.3 Å². The normalized spacial score (nSPS) is 11.3. The molecule has 15 heavy (non-hydrogen) atoms. The summed E-state index contributed by atoms with van der Waals surface area (Å²) in [5.41, 5.74) is 3.11. The molecule has 1 nitrogen and oxygen atoms in total. The fourth-order valence-corrected chi connectivity index (χ4v) is 2.07.